The van der Waals surface area contributed by atoms with Crippen molar-refractivity contribution in [3.05, 3.63) is 63.9 Å². The summed E-state index contributed by atoms with van der Waals surface area (Å²) < 4.78 is 0. The van der Waals surface area contributed by atoms with Gasteiger partial charge in [0.05, 0.1) is 16.1 Å². The molecule has 94 valence electrons. The number of nitrogens with zero attached hydrogens (tertiary/aromatic N) is 1. The van der Waals surface area contributed by atoms with E-state index in [0.29, 0.717) is 22.9 Å². The SMILES string of the molecule is OC(Cc1ccncc1)Cc1ccc(Cl)c(Cl)c1. The van der Waals surface area contributed by atoms with E-state index in [1.54, 1.807) is 24.5 Å². The van der Waals surface area contributed by atoms with Crippen LogP contribution in [0.25, 0.3) is 0 Å². The number of rotatable bonds is 4. The van der Waals surface area contributed by atoms with Crippen molar-refractivity contribution in [2.45, 2.75) is 18.9 Å². The van der Waals surface area contributed by atoms with Crippen LogP contribution in [0, 0.1) is 0 Å². The van der Waals surface area contributed by atoms with Gasteiger partial charge in [0.2, 0.25) is 0 Å². The van der Waals surface area contributed by atoms with Gasteiger partial charge in [-0.2, -0.15) is 0 Å². The maximum absolute atomic E-state index is 10.0. The van der Waals surface area contributed by atoms with Gasteiger partial charge in [-0.15, -0.1) is 0 Å². The van der Waals surface area contributed by atoms with Gasteiger partial charge in [0.25, 0.3) is 0 Å². The van der Waals surface area contributed by atoms with E-state index in [0.717, 1.165) is 11.1 Å². The highest BCUT2D eigenvalue weighted by atomic mass is 35.5. The molecule has 0 aliphatic carbocycles. The van der Waals surface area contributed by atoms with Crippen LogP contribution in [0.15, 0.2) is 42.7 Å². The number of aliphatic hydroxyl groups is 1. The summed E-state index contributed by atoms with van der Waals surface area (Å²) in [5.41, 5.74) is 2.04. The Kier molecular flexibility index (Phi) is 4.59. The first-order valence-corrected chi connectivity index (χ1v) is 6.41. The third kappa shape index (κ3) is 3.70. The Balaban J connectivity index is 1.99. The van der Waals surface area contributed by atoms with Crippen LogP contribution in [0.1, 0.15) is 11.1 Å². The van der Waals surface area contributed by atoms with Crippen LogP contribution in [-0.4, -0.2) is 16.2 Å². The molecular formula is C14H13Cl2NO. The second-order valence-electron chi connectivity index (χ2n) is 4.17. The van der Waals surface area contributed by atoms with Crippen molar-refractivity contribution in [2.24, 2.45) is 0 Å². The van der Waals surface area contributed by atoms with Crippen molar-refractivity contribution in [3.63, 3.8) is 0 Å². The highest BCUT2D eigenvalue weighted by Crippen LogP contribution is 2.23. The van der Waals surface area contributed by atoms with E-state index < -0.39 is 6.10 Å². The number of hydrogen-bond acceptors (Lipinski definition) is 2. The number of halogens is 2. The van der Waals surface area contributed by atoms with Gasteiger partial charge in [0.15, 0.2) is 0 Å². The maximum Gasteiger partial charge on any atom is 0.0620 e. The predicted octanol–water partition coefficient (Wildman–Crippen LogP) is 3.53. The minimum absolute atomic E-state index is 0.440. The maximum atomic E-state index is 10.0. The molecular weight excluding hydrogens is 269 g/mol. The molecule has 1 aromatic carbocycles. The largest absolute Gasteiger partial charge is 0.392 e. The van der Waals surface area contributed by atoms with Gasteiger partial charge >= 0.3 is 0 Å². The molecule has 1 aromatic heterocycles. The summed E-state index contributed by atoms with van der Waals surface area (Å²) in [7, 11) is 0. The summed E-state index contributed by atoms with van der Waals surface area (Å²) in [5.74, 6) is 0. The highest BCUT2D eigenvalue weighted by Gasteiger charge is 2.08. The first kappa shape index (κ1) is 13.3. The van der Waals surface area contributed by atoms with Crippen LogP contribution in [0.4, 0.5) is 0 Å². The fraction of sp³-hybridized carbons (Fsp3) is 0.214. The van der Waals surface area contributed by atoms with Crippen LogP contribution in [0.3, 0.4) is 0 Å². The van der Waals surface area contributed by atoms with E-state index in [1.165, 1.54) is 0 Å². The summed E-state index contributed by atoms with van der Waals surface area (Å²) in [4.78, 5) is 3.94. The molecule has 0 bridgehead atoms. The van der Waals surface area contributed by atoms with Crippen molar-refractivity contribution in [2.75, 3.05) is 0 Å². The van der Waals surface area contributed by atoms with Crippen LogP contribution in [0.2, 0.25) is 10.0 Å². The first-order valence-electron chi connectivity index (χ1n) is 5.66. The number of pyridine rings is 1. The highest BCUT2D eigenvalue weighted by molar-refractivity contribution is 6.42. The van der Waals surface area contributed by atoms with E-state index in [-0.39, 0.29) is 0 Å². The summed E-state index contributed by atoms with van der Waals surface area (Å²) in [6, 6.07) is 9.22. The number of aliphatic hydroxyl groups excluding tert-OH is 1. The Morgan fingerprint density at radius 2 is 1.61 bits per heavy atom. The summed E-state index contributed by atoms with van der Waals surface area (Å²) in [6.07, 6.45) is 4.16. The molecule has 2 aromatic rings. The van der Waals surface area contributed by atoms with Gasteiger partial charge in [-0.3, -0.25) is 4.98 Å². The van der Waals surface area contributed by atoms with Crippen LogP contribution >= 0.6 is 23.2 Å². The summed E-state index contributed by atoms with van der Waals surface area (Å²) in [5, 5.41) is 11.1. The lowest BCUT2D eigenvalue weighted by Gasteiger charge is -2.11. The molecule has 2 nitrogen and oxygen atoms in total. The molecule has 0 radical (unpaired) electrons. The molecule has 0 amide bonds. The van der Waals surface area contributed by atoms with E-state index >= 15 is 0 Å². The summed E-state index contributed by atoms with van der Waals surface area (Å²) >= 11 is 11.8. The number of hydrogen-bond donors (Lipinski definition) is 1. The molecule has 0 saturated carbocycles. The van der Waals surface area contributed by atoms with Gasteiger partial charge in [-0.1, -0.05) is 29.3 Å². The Morgan fingerprint density at radius 3 is 2.28 bits per heavy atom. The van der Waals surface area contributed by atoms with Gasteiger partial charge in [0, 0.05) is 12.4 Å². The smallest absolute Gasteiger partial charge is 0.0620 e. The summed E-state index contributed by atoms with van der Waals surface area (Å²) in [6.45, 7) is 0. The minimum Gasteiger partial charge on any atom is -0.392 e. The van der Waals surface area contributed by atoms with E-state index in [9.17, 15) is 5.11 Å². The topological polar surface area (TPSA) is 33.1 Å². The number of benzene rings is 1. The van der Waals surface area contributed by atoms with Crippen molar-refractivity contribution in [1.82, 2.24) is 4.98 Å². The second kappa shape index (κ2) is 6.19. The van der Waals surface area contributed by atoms with Crippen LogP contribution in [-0.2, 0) is 12.8 Å². The standard InChI is InChI=1S/C14H13Cl2NO/c15-13-2-1-11(9-14(13)16)8-12(18)7-10-3-5-17-6-4-10/h1-6,9,12,18H,7-8H2. The Morgan fingerprint density at radius 1 is 0.944 bits per heavy atom. The fourth-order valence-corrected chi connectivity index (χ4v) is 2.12. The zero-order valence-electron chi connectivity index (χ0n) is 9.68. The van der Waals surface area contributed by atoms with Gasteiger partial charge in [-0.25, -0.2) is 0 Å². The van der Waals surface area contributed by atoms with Gasteiger partial charge in [0.1, 0.15) is 0 Å². The van der Waals surface area contributed by atoms with Crippen molar-refractivity contribution in [1.29, 1.82) is 0 Å². The van der Waals surface area contributed by atoms with Crippen molar-refractivity contribution in [3.8, 4) is 0 Å². The molecule has 1 heterocycles. The zero-order valence-corrected chi connectivity index (χ0v) is 11.2. The predicted molar refractivity (Wildman–Crippen MR) is 74.1 cm³/mol. The molecule has 0 spiro atoms. The van der Waals surface area contributed by atoms with Crippen LogP contribution in [0.5, 0.6) is 0 Å². The lowest BCUT2D eigenvalue weighted by atomic mass is 10.0. The normalized spacial score (nSPS) is 12.4. The average molecular weight is 282 g/mol. The monoisotopic (exact) mass is 281 g/mol. The van der Waals surface area contributed by atoms with Gasteiger partial charge in [-0.05, 0) is 48.2 Å². The molecule has 1 atom stereocenters. The second-order valence-corrected chi connectivity index (χ2v) is 4.98. The molecule has 1 unspecified atom stereocenters. The van der Waals surface area contributed by atoms with Crippen molar-refractivity contribution >= 4 is 23.2 Å². The van der Waals surface area contributed by atoms with Crippen molar-refractivity contribution < 1.29 is 5.11 Å². The lowest BCUT2D eigenvalue weighted by Crippen LogP contribution is -2.13. The fourth-order valence-electron chi connectivity index (χ4n) is 1.80. The lowest BCUT2D eigenvalue weighted by molar-refractivity contribution is 0.175. The van der Waals surface area contributed by atoms with Gasteiger partial charge < -0.3 is 5.11 Å². The zero-order chi connectivity index (χ0) is 13.0. The Bertz CT molecular complexity index is 516. The van der Waals surface area contributed by atoms with E-state index in [1.807, 2.05) is 18.2 Å². The van der Waals surface area contributed by atoms with Crippen LogP contribution < -0.4 is 0 Å². The molecule has 0 saturated heterocycles. The first-order chi connectivity index (χ1) is 8.65. The van der Waals surface area contributed by atoms with E-state index in [2.05, 4.69) is 4.98 Å². The number of aromatic nitrogens is 1. The average Bonchev–Trinajstić information content (AvgIpc) is 2.35. The Hall–Kier alpha value is -1.09. The third-order valence-electron chi connectivity index (χ3n) is 2.68. The molecule has 18 heavy (non-hydrogen) atoms. The quantitative estimate of drug-likeness (QED) is 0.930. The molecule has 0 aliphatic rings. The molecule has 1 N–H and O–H groups in total. The minimum atomic E-state index is -0.440. The molecule has 0 fully saturated rings. The molecule has 0 aliphatic heterocycles. The Labute approximate surface area is 116 Å². The molecule has 2 rings (SSSR count). The van der Waals surface area contributed by atoms with E-state index in [4.69, 9.17) is 23.2 Å². The third-order valence-corrected chi connectivity index (χ3v) is 3.42. The molecule has 4 heteroatoms.